The Labute approximate surface area is 130 Å². The highest BCUT2D eigenvalue weighted by Gasteiger charge is 2.35. The van der Waals surface area contributed by atoms with Crippen molar-refractivity contribution in [3.63, 3.8) is 0 Å². The van der Waals surface area contributed by atoms with E-state index in [1.54, 1.807) is 23.5 Å². The lowest BCUT2D eigenvalue weighted by atomic mass is 9.83. The first kappa shape index (κ1) is 14.1. The lowest BCUT2D eigenvalue weighted by molar-refractivity contribution is 0.0198. The molecule has 2 aromatic heterocycles. The fourth-order valence-electron chi connectivity index (χ4n) is 2.56. The van der Waals surface area contributed by atoms with Gasteiger partial charge in [0.1, 0.15) is 5.60 Å². The maximum absolute atomic E-state index is 12.0. The van der Waals surface area contributed by atoms with Gasteiger partial charge in [0.05, 0.1) is 15.8 Å². The zero-order chi connectivity index (χ0) is 14.2. The molecule has 0 fully saturated rings. The molecular weight excluding hydrogens is 314 g/mol. The van der Waals surface area contributed by atoms with Crippen molar-refractivity contribution >= 4 is 40.2 Å². The summed E-state index contributed by atoms with van der Waals surface area (Å²) in [4.78, 5) is 13.8. The van der Waals surface area contributed by atoms with Crippen LogP contribution in [0.1, 0.15) is 33.0 Å². The lowest BCUT2D eigenvalue weighted by Gasteiger charge is -2.32. The second-order valence-corrected chi connectivity index (χ2v) is 7.64. The van der Waals surface area contributed by atoms with E-state index in [1.807, 2.05) is 11.4 Å². The largest absolute Gasteiger partial charge is 0.383 e. The van der Waals surface area contributed by atoms with Gasteiger partial charge in [0.2, 0.25) is 0 Å². The van der Waals surface area contributed by atoms with Gasteiger partial charge in [-0.3, -0.25) is 4.79 Å². The summed E-state index contributed by atoms with van der Waals surface area (Å²) in [5.41, 5.74) is 0.0304. The normalized spacial score (nSPS) is 21.5. The van der Waals surface area contributed by atoms with Gasteiger partial charge < -0.3 is 10.4 Å². The molecule has 2 heterocycles. The maximum Gasteiger partial charge on any atom is 0.261 e. The van der Waals surface area contributed by atoms with Gasteiger partial charge in [-0.05, 0) is 48.4 Å². The van der Waals surface area contributed by atoms with Crippen molar-refractivity contribution in [2.75, 3.05) is 6.54 Å². The number of carbonyl (C=O) groups excluding carboxylic acids is 1. The Kier molecular flexibility index (Phi) is 3.86. The highest BCUT2D eigenvalue weighted by atomic mass is 35.5. The Hall–Kier alpha value is -0.880. The summed E-state index contributed by atoms with van der Waals surface area (Å²) in [6.45, 7) is 0.241. The van der Waals surface area contributed by atoms with Gasteiger partial charge in [0, 0.05) is 4.88 Å². The Morgan fingerprint density at radius 3 is 3.05 bits per heavy atom. The number of carbonyl (C=O) groups is 1. The summed E-state index contributed by atoms with van der Waals surface area (Å²) in [5, 5.41) is 15.6. The van der Waals surface area contributed by atoms with Gasteiger partial charge in [0.15, 0.2) is 0 Å². The van der Waals surface area contributed by atoms with Crippen molar-refractivity contribution in [3.8, 4) is 0 Å². The molecule has 0 bridgehead atoms. The van der Waals surface area contributed by atoms with Crippen LogP contribution in [0.25, 0.3) is 0 Å². The Bertz CT molecular complexity index is 637. The van der Waals surface area contributed by atoms with Crippen LogP contribution in [-0.4, -0.2) is 17.6 Å². The third-order valence-corrected chi connectivity index (χ3v) is 5.79. The van der Waals surface area contributed by atoms with Gasteiger partial charge in [0.25, 0.3) is 5.91 Å². The van der Waals surface area contributed by atoms with E-state index in [9.17, 15) is 9.90 Å². The minimum absolute atomic E-state index is 0.183. The molecule has 1 amide bonds. The molecule has 3 nitrogen and oxygen atoms in total. The zero-order valence-electron chi connectivity index (χ0n) is 10.7. The van der Waals surface area contributed by atoms with Crippen molar-refractivity contribution < 1.29 is 9.90 Å². The SMILES string of the molecule is O=C(NCC1(O)CCCc2sccc21)c1ccc(Cl)s1. The van der Waals surface area contributed by atoms with E-state index in [-0.39, 0.29) is 12.5 Å². The highest BCUT2D eigenvalue weighted by molar-refractivity contribution is 7.18. The van der Waals surface area contributed by atoms with Crippen molar-refractivity contribution in [1.29, 1.82) is 0 Å². The number of aliphatic hydroxyl groups is 1. The molecular formula is C14H14ClNO2S2. The van der Waals surface area contributed by atoms with Gasteiger partial charge in [-0.15, -0.1) is 22.7 Å². The Balaban J connectivity index is 1.71. The molecule has 0 saturated heterocycles. The van der Waals surface area contributed by atoms with Crippen LogP contribution in [0.4, 0.5) is 0 Å². The smallest absolute Gasteiger partial charge is 0.261 e. The van der Waals surface area contributed by atoms with E-state index in [0.29, 0.717) is 15.6 Å². The summed E-state index contributed by atoms with van der Waals surface area (Å²) in [5.74, 6) is -0.183. The predicted molar refractivity (Wildman–Crippen MR) is 82.8 cm³/mol. The van der Waals surface area contributed by atoms with E-state index in [0.717, 1.165) is 18.4 Å². The highest BCUT2D eigenvalue weighted by Crippen LogP contribution is 2.37. The molecule has 2 aromatic rings. The van der Waals surface area contributed by atoms with Crippen LogP contribution in [-0.2, 0) is 12.0 Å². The quantitative estimate of drug-likeness (QED) is 0.907. The van der Waals surface area contributed by atoms with Gasteiger partial charge in [-0.1, -0.05) is 11.6 Å². The fraction of sp³-hybridized carbons (Fsp3) is 0.357. The van der Waals surface area contributed by atoms with Crippen LogP contribution in [0.15, 0.2) is 23.6 Å². The van der Waals surface area contributed by atoms with Gasteiger partial charge >= 0.3 is 0 Å². The number of hydrogen-bond donors (Lipinski definition) is 2. The molecule has 1 atom stereocenters. The molecule has 0 radical (unpaired) electrons. The predicted octanol–water partition coefficient (Wildman–Crippen LogP) is 3.42. The molecule has 6 heteroatoms. The van der Waals surface area contributed by atoms with Crippen molar-refractivity contribution in [2.45, 2.75) is 24.9 Å². The standard InChI is InChI=1S/C14H14ClNO2S2/c15-12-4-3-11(20-12)13(17)16-8-14(18)6-1-2-10-9(14)5-7-19-10/h3-5,7,18H,1-2,6,8H2,(H,16,17). The molecule has 0 spiro atoms. The summed E-state index contributed by atoms with van der Waals surface area (Å²) in [6, 6.07) is 5.37. The fourth-order valence-corrected chi connectivity index (χ4v) is 4.53. The molecule has 106 valence electrons. The molecule has 1 aliphatic rings. The monoisotopic (exact) mass is 327 g/mol. The van der Waals surface area contributed by atoms with Crippen LogP contribution in [0.3, 0.4) is 0 Å². The molecule has 0 saturated carbocycles. The minimum Gasteiger partial charge on any atom is -0.383 e. The summed E-state index contributed by atoms with van der Waals surface area (Å²) in [6.07, 6.45) is 2.65. The van der Waals surface area contributed by atoms with Crippen LogP contribution >= 0.6 is 34.3 Å². The van der Waals surface area contributed by atoms with Crippen molar-refractivity contribution in [1.82, 2.24) is 5.32 Å². The Morgan fingerprint density at radius 2 is 2.30 bits per heavy atom. The third kappa shape index (κ3) is 2.63. The molecule has 2 N–H and O–H groups in total. The van der Waals surface area contributed by atoms with Crippen LogP contribution < -0.4 is 5.32 Å². The van der Waals surface area contributed by atoms with E-state index in [4.69, 9.17) is 11.6 Å². The molecule has 20 heavy (non-hydrogen) atoms. The maximum atomic E-state index is 12.0. The number of hydrogen-bond acceptors (Lipinski definition) is 4. The van der Waals surface area contributed by atoms with Gasteiger partial charge in [-0.2, -0.15) is 0 Å². The van der Waals surface area contributed by atoms with E-state index in [2.05, 4.69) is 5.32 Å². The number of nitrogens with one attached hydrogen (secondary N) is 1. The van der Waals surface area contributed by atoms with E-state index < -0.39 is 5.60 Å². The number of amides is 1. The van der Waals surface area contributed by atoms with Crippen LogP contribution in [0, 0.1) is 0 Å². The first-order chi connectivity index (χ1) is 9.58. The summed E-state index contributed by atoms with van der Waals surface area (Å²) < 4.78 is 0.589. The zero-order valence-corrected chi connectivity index (χ0v) is 13.1. The number of aryl methyl sites for hydroxylation is 1. The average Bonchev–Trinajstić information content (AvgIpc) is 3.06. The van der Waals surface area contributed by atoms with E-state index in [1.165, 1.54) is 16.2 Å². The second-order valence-electron chi connectivity index (χ2n) is 4.93. The summed E-state index contributed by atoms with van der Waals surface area (Å²) in [7, 11) is 0. The van der Waals surface area contributed by atoms with E-state index >= 15 is 0 Å². The molecule has 3 rings (SSSR count). The molecule has 1 unspecified atom stereocenters. The molecule has 0 aromatic carbocycles. The van der Waals surface area contributed by atoms with Crippen LogP contribution in [0.2, 0.25) is 4.34 Å². The minimum atomic E-state index is -0.940. The number of thiophene rings is 2. The number of fused-ring (bicyclic) bond motifs is 1. The average molecular weight is 328 g/mol. The third-order valence-electron chi connectivity index (χ3n) is 3.58. The number of rotatable bonds is 3. The Morgan fingerprint density at radius 1 is 1.45 bits per heavy atom. The first-order valence-electron chi connectivity index (χ1n) is 6.41. The first-order valence-corrected chi connectivity index (χ1v) is 8.49. The lowest BCUT2D eigenvalue weighted by Crippen LogP contribution is -2.42. The van der Waals surface area contributed by atoms with Crippen LogP contribution in [0.5, 0.6) is 0 Å². The second kappa shape index (κ2) is 5.48. The topological polar surface area (TPSA) is 49.3 Å². The van der Waals surface area contributed by atoms with Crippen molar-refractivity contribution in [3.05, 3.63) is 43.2 Å². The van der Waals surface area contributed by atoms with Gasteiger partial charge in [-0.25, -0.2) is 0 Å². The molecule has 0 aliphatic heterocycles. The summed E-state index contributed by atoms with van der Waals surface area (Å²) >= 11 is 8.74. The van der Waals surface area contributed by atoms with Crippen molar-refractivity contribution in [2.24, 2.45) is 0 Å². The number of halogens is 1. The molecule has 1 aliphatic carbocycles.